The molecule has 1 aromatic rings. The molecule has 0 unspecified atom stereocenters. The van der Waals surface area contributed by atoms with Crippen LogP contribution >= 0.6 is 0 Å². The lowest BCUT2D eigenvalue weighted by molar-refractivity contribution is 0.322. The van der Waals surface area contributed by atoms with Gasteiger partial charge in [0.25, 0.3) is 0 Å². The van der Waals surface area contributed by atoms with Gasteiger partial charge in [-0.15, -0.1) is 0 Å². The van der Waals surface area contributed by atoms with E-state index in [9.17, 15) is 0 Å². The maximum atomic E-state index is 5.64. The Labute approximate surface area is 94.7 Å². The van der Waals surface area contributed by atoms with Crippen molar-refractivity contribution in [3.05, 3.63) is 24.3 Å². The lowest BCUT2D eigenvalue weighted by Crippen LogP contribution is -2.36. The molecular weight excluding hydrogens is 204 g/mol. The smallest absolute Gasteiger partial charge is 0.191 e. The zero-order chi connectivity index (χ0) is 11.2. The number of nitrogens with zero attached hydrogens (tertiary/aromatic N) is 1. The van der Waals surface area contributed by atoms with Gasteiger partial charge >= 0.3 is 0 Å². The number of ether oxygens (including phenoxy) is 1. The molecule has 0 aliphatic carbocycles. The highest BCUT2D eigenvalue weighted by Gasteiger charge is 2.02. The molecule has 86 valence electrons. The third-order valence-electron chi connectivity index (χ3n) is 2.20. The first-order chi connectivity index (χ1) is 7.84. The van der Waals surface area contributed by atoms with E-state index in [0.29, 0.717) is 12.3 Å². The maximum Gasteiger partial charge on any atom is 0.191 e. The predicted octanol–water partition coefficient (Wildman–Crippen LogP) is 0.196. The zero-order valence-corrected chi connectivity index (χ0v) is 9.07. The van der Waals surface area contributed by atoms with E-state index in [1.807, 2.05) is 24.3 Å². The Morgan fingerprint density at radius 1 is 1.50 bits per heavy atom. The van der Waals surface area contributed by atoms with Crippen LogP contribution in [0, 0.1) is 0 Å². The maximum absolute atomic E-state index is 5.64. The van der Waals surface area contributed by atoms with Gasteiger partial charge in [-0.2, -0.15) is 0 Å². The summed E-state index contributed by atoms with van der Waals surface area (Å²) in [5.74, 6) is 1.65. The highest BCUT2D eigenvalue weighted by molar-refractivity contribution is 5.81. The second-order valence-corrected chi connectivity index (χ2v) is 3.50. The molecule has 1 heterocycles. The van der Waals surface area contributed by atoms with Gasteiger partial charge in [0, 0.05) is 18.3 Å². The molecule has 0 aromatic heterocycles. The number of anilines is 1. The standard InChI is InChI=1S/C11H16N4O/c12-9-2-1-3-10(8-9)16-7-6-15-11-13-4-5-14-11/h1-3,8H,4-7,12H2,(H2,13,14,15). The van der Waals surface area contributed by atoms with E-state index in [4.69, 9.17) is 10.5 Å². The van der Waals surface area contributed by atoms with Gasteiger partial charge in [-0.1, -0.05) is 6.07 Å². The Hall–Kier alpha value is -1.91. The Morgan fingerprint density at radius 2 is 2.44 bits per heavy atom. The minimum Gasteiger partial charge on any atom is -0.492 e. The predicted molar refractivity (Wildman–Crippen MR) is 64.7 cm³/mol. The molecule has 16 heavy (non-hydrogen) atoms. The number of nitrogens with two attached hydrogens (primary N) is 1. The SMILES string of the molecule is Nc1cccc(OCCNC2=NCCN2)c1. The summed E-state index contributed by atoms with van der Waals surface area (Å²) in [4.78, 5) is 4.21. The van der Waals surface area contributed by atoms with Crippen LogP contribution in [0.2, 0.25) is 0 Å². The highest BCUT2D eigenvalue weighted by Crippen LogP contribution is 2.13. The first kappa shape index (κ1) is 10.6. The molecule has 1 aromatic carbocycles. The van der Waals surface area contributed by atoms with Crippen LogP contribution in [0.15, 0.2) is 29.3 Å². The molecule has 0 radical (unpaired) electrons. The van der Waals surface area contributed by atoms with Gasteiger partial charge in [0.2, 0.25) is 0 Å². The van der Waals surface area contributed by atoms with E-state index in [1.54, 1.807) is 0 Å². The number of nitrogens with one attached hydrogen (secondary N) is 2. The van der Waals surface area contributed by atoms with E-state index >= 15 is 0 Å². The van der Waals surface area contributed by atoms with E-state index < -0.39 is 0 Å². The molecule has 0 spiro atoms. The van der Waals surface area contributed by atoms with Crippen LogP contribution in [0.4, 0.5) is 5.69 Å². The van der Waals surface area contributed by atoms with Crippen LogP contribution in [-0.2, 0) is 0 Å². The molecular formula is C11H16N4O. The average Bonchev–Trinajstić information content (AvgIpc) is 2.77. The fourth-order valence-corrected chi connectivity index (χ4v) is 1.46. The largest absolute Gasteiger partial charge is 0.492 e. The summed E-state index contributed by atoms with van der Waals surface area (Å²) in [6.07, 6.45) is 0. The summed E-state index contributed by atoms with van der Waals surface area (Å²) in [5, 5.41) is 6.28. The van der Waals surface area contributed by atoms with Crippen molar-refractivity contribution in [1.29, 1.82) is 0 Å². The van der Waals surface area contributed by atoms with Gasteiger partial charge in [-0.3, -0.25) is 4.99 Å². The molecule has 0 fully saturated rings. The summed E-state index contributed by atoms with van der Waals surface area (Å²) in [7, 11) is 0. The van der Waals surface area contributed by atoms with Crippen LogP contribution in [0.3, 0.4) is 0 Å². The quantitative estimate of drug-likeness (QED) is 0.500. The topological polar surface area (TPSA) is 71.7 Å². The normalized spacial score (nSPS) is 14.1. The van der Waals surface area contributed by atoms with E-state index in [0.717, 1.165) is 31.3 Å². The second-order valence-electron chi connectivity index (χ2n) is 3.50. The molecule has 1 aliphatic rings. The number of guanidine groups is 1. The van der Waals surface area contributed by atoms with Crippen molar-refractivity contribution in [2.45, 2.75) is 0 Å². The molecule has 4 N–H and O–H groups in total. The first-order valence-corrected chi connectivity index (χ1v) is 5.35. The van der Waals surface area contributed by atoms with Crippen molar-refractivity contribution in [1.82, 2.24) is 10.6 Å². The molecule has 1 aliphatic heterocycles. The zero-order valence-electron chi connectivity index (χ0n) is 9.07. The molecule has 5 nitrogen and oxygen atoms in total. The monoisotopic (exact) mass is 220 g/mol. The van der Waals surface area contributed by atoms with E-state index in [2.05, 4.69) is 15.6 Å². The fraction of sp³-hybridized carbons (Fsp3) is 0.364. The molecule has 0 bridgehead atoms. The number of hydrogen-bond donors (Lipinski definition) is 3. The third-order valence-corrected chi connectivity index (χ3v) is 2.20. The fourth-order valence-electron chi connectivity index (χ4n) is 1.46. The van der Waals surface area contributed by atoms with Crippen LogP contribution < -0.4 is 21.1 Å². The third kappa shape index (κ3) is 3.05. The van der Waals surface area contributed by atoms with Crippen molar-refractivity contribution in [3.8, 4) is 5.75 Å². The Morgan fingerprint density at radius 3 is 3.19 bits per heavy atom. The molecule has 0 saturated heterocycles. The summed E-state index contributed by atoms with van der Waals surface area (Å²) in [5.41, 5.74) is 6.35. The van der Waals surface area contributed by atoms with Gasteiger partial charge in [-0.05, 0) is 12.1 Å². The number of hydrogen-bond acceptors (Lipinski definition) is 5. The van der Waals surface area contributed by atoms with Crippen molar-refractivity contribution >= 4 is 11.6 Å². The lowest BCUT2D eigenvalue weighted by Gasteiger charge is -2.08. The van der Waals surface area contributed by atoms with Gasteiger partial charge < -0.3 is 21.1 Å². The molecule has 2 rings (SSSR count). The summed E-state index contributed by atoms with van der Waals surface area (Å²) >= 11 is 0. The minimum absolute atomic E-state index is 0.587. The van der Waals surface area contributed by atoms with Crippen molar-refractivity contribution in [2.75, 3.05) is 32.0 Å². The molecule has 0 saturated carbocycles. The molecule has 0 atom stereocenters. The number of aliphatic imine (C=N–C) groups is 1. The van der Waals surface area contributed by atoms with Crippen LogP contribution in [0.25, 0.3) is 0 Å². The molecule has 5 heteroatoms. The van der Waals surface area contributed by atoms with Crippen LogP contribution in [0.5, 0.6) is 5.75 Å². The number of nitrogen functional groups attached to an aromatic ring is 1. The molecule has 0 amide bonds. The summed E-state index contributed by atoms with van der Waals surface area (Å²) in [6, 6.07) is 7.41. The average molecular weight is 220 g/mol. The Bertz CT molecular complexity index is 378. The van der Waals surface area contributed by atoms with E-state index in [-0.39, 0.29) is 0 Å². The Kier molecular flexibility index (Phi) is 3.48. The van der Waals surface area contributed by atoms with Crippen LogP contribution in [0.1, 0.15) is 0 Å². The number of benzene rings is 1. The van der Waals surface area contributed by atoms with Gasteiger partial charge in [0.15, 0.2) is 5.96 Å². The Balaban J connectivity index is 1.68. The van der Waals surface area contributed by atoms with Gasteiger partial charge in [0.1, 0.15) is 12.4 Å². The number of rotatable bonds is 4. The van der Waals surface area contributed by atoms with Crippen molar-refractivity contribution in [2.24, 2.45) is 4.99 Å². The summed E-state index contributed by atoms with van der Waals surface area (Å²) < 4.78 is 5.52. The second kappa shape index (κ2) is 5.25. The van der Waals surface area contributed by atoms with Crippen molar-refractivity contribution < 1.29 is 4.74 Å². The highest BCUT2D eigenvalue weighted by atomic mass is 16.5. The van der Waals surface area contributed by atoms with E-state index in [1.165, 1.54) is 0 Å². The van der Waals surface area contributed by atoms with Gasteiger partial charge in [0.05, 0.1) is 13.1 Å². The van der Waals surface area contributed by atoms with Gasteiger partial charge in [-0.25, -0.2) is 0 Å². The lowest BCUT2D eigenvalue weighted by atomic mass is 10.3. The summed E-state index contributed by atoms with van der Waals surface area (Å²) in [6.45, 7) is 3.07. The van der Waals surface area contributed by atoms with Crippen LogP contribution in [-0.4, -0.2) is 32.2 Å². The van der Waals surface area contributed by atoms with Crippen molar-refractivity contribution in [3.63, 3.8) is 0 Å². The first-order valence-electron chi connectivity index (χ1n) is 5.35. The minimum atomic E-state index is 0.587.